The normalized spacial score (nSPS) is 21.3. The predicted molar refractivity (Wildman–Crippen MR) is 89.8 cm³/mol. The lowest BCUT2D eigenvalue weighted by Crippen LogP contribution is -2.40. The molecule has 0 aliphatic heterocycles. The van der Waals surface area contributed by atoms with Crippen LogP contribution in [0.5, 0.6) is 0 Å². The van der Waals surface area contributed by atoms with Gasteiger partial charge in [0.2, 0.25) is 0 Å². The van der Waals surface area contributed by atoms with E-state index in [4.69, 9.17) is 0 Å². The van der Waals surface area contributed by atoms with Crippen LogP contribution in [0, 0.1) is 0 Å². The summed E-state index contributed by atoms with van der Waals surface area (Å²) in [4.78, 5) is 2.62. The molecule has 0 fully saturated rings. The minimum Gasteiger partial charge on any atom is -0.301 e. The fraction of sp³-hybridized carbons (Fsp3) is 0.400. The van der Waals surface area contributed by atoms with Crippen LogP contribution in [0.25, 0.3) is 0 Å². The number of nitrogens with zero attached hydrogens (tertiary/aromatic N) is 1. The molecule has 0 saturated heterocycles. The maximum absolute atomic E-state index is 2.62. The van der Waals surface area contributed by atoms with E-state index in [9.17, 15) is 0 Å². The number of likely N-dealkylation sites (N-methyl/N-ethyl adjacent to an activating group) is 1. The number of rotatable bonds is 4. The lowest BCUT2D eigenvalue weighted by atomic mass is 9.76. The van der Waals surface area contributed by atoms with E-state index >= 15 is 0 Å². The third-order valence-corrected chi connectivity index (χ3v) is 4.92. The van der Waals surface area contributed by atoms with Gasteiger partial charge in [-0.1, -0.05) is 68.4 Å². The Morgan fingerprint density at radius 2 is 1.57 bits per heavy atom. The lowest BCUT2D eigenvalue weighted by Gasteiger charge is -2.38. The van der Waals surface area contributed by atoms with E-state index in [-0.39, 0.29) is 0 Å². The van der Waals surface area contributed by atoms with Crippen molar-refractivity contribution < 1.29 is 0 Å². The maximum atomic E-state index is 2.62. The van der Waals surface area contributed by atoms with Crippen molar-refractivity contribution in [2.75, 3.05) is 13.1 Å². The second kappa shape index (κ2) is 6.44. The number of hydrogen-bond acceptors (Lipinski definition) is 1. The SMILES string of the molecule is CCN(CC)[C@@H]1Cc2ccccc2[C@@H](c2ccccc2)C1. The summed E-state index contributed by atoms with van der Waals surface area (Å²) in [5, 5.41) is 0. The van der Waals surface area contributed by atoms with Crippen LogP contribution in [0.3, 0.4) is 0 Å². The van der Waals surface area contributed by atoms with E-state index in [1.807, 2.05) is 0 Å². The van der Waals surface area contributed by atoms with E-state index in [1.54, 1.807) is 0 Å². The molecule has 110 valence electrons. The molecular weight excluding hydrogens is 254 g/mol. The highest BCUT2D eigenvalue weighted by Crippen LogP contribution is 2.38. The molecule has 0 radical (unpaired) electrons. The first kappa shape index (κ1) is 14.3. The summed E-state index contributed by atoms with van der Waals surface area (Å²) >= 11 is 0. The first-order valence-corrected chi connectivity index (χ1v) is 8.20. The lowest BCUT2D eigenvalue weighted by molar-refractivity contribution is 0.192. The molecule has 0 heterocycles. The summed E-state index contributed by atoms with van der Waals surface area (Å²) in [6.45, 7) is 6.85. The monoisotopic (exact) mass is 279 g/mol. The molecular formula is C20H25N. The van der Waals surface area contributed by atoms with Crippen LogP contribution in [-0.2, 0) is 6.42 Å². The zero-order valence-electron chi connectivity index (χ0n) is 13.1. The Morgan fingerprint density at radius 1 is 0.905 bits per heavy atom. The van der Waals surface area contributed by atoms with Gasteiger partial charge in [-0.25, -0.2) is 0 Å². The molecule has 2 aromatic rings. The Bertz CT molecular complexity index is 571. The Labute approximate surface area is 128 Å². The molecule has 0 aromatic heterocycles. The summed E-state index contributed by atoms with van der Waals surface area (Å²) in [6, 6.07) is 20.7. The van der Waals surface area contributed by atoms with Crippen molar-refractivity contribution in [3.05, 3.63) is 71.3 Å². The van der Waals surface area contributed by atoms with Crippen LogP contribution in [0.4, 0.5) is 0 Å². The van der Waals surface area contributed by atoms with Crippen LogP contribution in [0.15, 0.2) is 54.6 Å². The predicted octanol–water partition coefficient (Wildman–Crippen LogP) is 4.48. The Hall–Kier alpha value is -1.60. The molecule has 0 saturated carbocycles. The van der Waals surface area contributed by atoms with Gasteiger partial charge in [0.1, 0.15) is 0 Å². The molecule has 1 nitrogen and oxygen atoms in total. The summed E-state index contributed by atoms with van der Waals surface area (Å²) in [7, 11) is 0. The van der Waals surface area contributed by atoms with Crippen LogP contribution in [0.2, 0.25) is 0 Å². The van der Waals surface area contributed by atoms with Gasteiger partial charge in [-0.3, -0.25) is 0 Å². The van der Waals surface area contributed by atoms with Gasteiger partial charge in [0.05, 0.1) is 0 Å². The van der Waals surface area contributed by atoms with E-state index < -0.39 is 0 Å². The van der Waals surface area contributed by atoms with Gasteiger partial charge in [-0.05, 0) is 42.6 Å². The minimum atomic E-state index is 0.543. The topological polar surface area (TPSA) is 3.24 Å². The second-order valence-electron chi connectivity index (χ2n) is 5.98. The van der Waals surface area contributed by atoms with Gasteiger partial charge < -0.3 is 4.90 Å². The zero-order valence-corrected chi connectivity index (χ0v) is 13.1. The highest BCUT2D eigenvalue weighted by molar-refractivity contribution is 5.40. The van der Waals surface area contributed by atoms with Crippen LogP contribution < -0.4 is 0 Å². The molecule has 21 heavy (non-hydrogen) atoms. The average Bonchev–Trinajstić information content (AvgIpc) is 2.56. The van der Waals surface area contributed by atoms with Crippen molar-refractivity contribution in [1.29, 1.82) is 0 Å². The first-order valence-electron chi connectivity index (χ1n) is 8.20. The van der Waals surface area contributed by atoms with Gasteiger partial charge in [-0.15, -0.1) is 0 Å². The maximum Gasteiger partial charge on any atom is 0.0145 e. The highest BCUT2D eigenvalue weighted by atomic mass is 15.1. The van der Waals surface area contributed by atoms with E-state index in [1.165, 1.54) is 29.5 Å². The summed E-state index contributed by atoms with van der Waals surface area (Å²) in [5.74, 6) is 0.543. The van der Waals surface area contributed by atoms with Crippen LogP contribution in [-0.4, -0.2) is 24.0 Å². The van der Waals surface area contributed by atoms with Crippen molar-refractivity contribution in [3.63, 3.8) is 0 Å². The standard InChI is InChI=1S/C20H25N/c1-3-21(4-2)18-14-17-12-8-9-13-19(17)20(15-18)16-10-6-5-7-11-16/h5-13,18,20H,3-4,14-15H2,1-2H3/t18-,20-/m1/s1. The van der Waals surface area contributed by atoms with E-state index in [0.717, 1.165) is 13.1 Å². The minimum absolute atomic E-state index is 0.543. The number of fused-ring (bicyclic) bond motifs is 1. The van der Waals surface area contributed by atoms with Crippen molar-refractivity contribution in [1.82, 2.24) is 4.90 Å². The van der Waals surface area contributed by atoms with Gasteiger partial charge in [0.25, 0.3) is 0 Å². The Morgan fingerprint density at radius 3 is 2.29 bits per heavy atom. The fourth-order valence-electron chi connectivity index (χ4n) is 3.82. The molecule has 0 unspecified atom stereocenters. The molecule has 1 aliphatic carbocycles. The summed E-state index contributed by atoms with van der Waals surface area (Å²) < 4.78 is 0. The van der Waals surface area contributed by atoms with E-state index in [2.05, 4.69) is 73.3 Å². The van der Waals surface area contributed by atoms with Crippen molar-refractivity contribution in [2.45, 2.75) is 38.6 Å². The fourth-order valence-corrected chi connectivity index (χ4v) is 3.82. The Balaban J connectivity index is 1.98. The molecule has 0 spiro atoms. The molecule has 0 bridgehead atoms. The van der Waals surface area contributed by atoms with Crippen LogP contribution in [0.1, 0.15) is 42.9 Å². The van der Waals surface area contributed by atoms with Gasteiger partial charge in [-0.2, -0.15) is 0 Å². The van der Waals surface area contributed by atoms with Crippen molar-refractivity contribution in [3.8, 4) is 0 Å². The quantitative estimate of drug-likeness (QED) is 0.798. The highest BCUT2D eigenvalue weighted by Gasteiger charge is 2.30. The largest absolute Gasteiger partial charge is 0.301 e. The van der Waals surface area contributed by atoms with Gasteiger partial charge in [0, 0.05) is 12.0 Å². The van der Waals surface area contributed by atoms with Gasteiger partial charge >= 0.3 is 0 Å². The molecule has 1 aliphatic rings. The van der Waals surface area contributed by atoms with Crippen molar-refractivity contribution in [2.24, 2.45) is 0 Å². The molecule has 0 N–H and O–H groups in total. The van der Waals surface area contributed by atoms with Crippen LogP contribution >= 0.6 is 0 Å². The van der Waals surface area contributed by atoms with E-state index in [0.29, 0.717) is 12.0 Å². The smallest absolute Gasteiger partial charge is 0.0145 e. The molecule has 1 heteroatoms. The molecule has 2 aromatic carbocycles. The summed E-state index contributed by atoms with van der Waals surface area (Å²) in [5.41, 5.74) is 4.53. The first-order chi connectivity index (χ1) is 10.3. The number of benzene rings is 2. The second-order valence-corrected chi connectivity index (χ2v) is 5.98. The summed E-state index contributed by atoms with van der Waals surface area (Å²) in [6.07, 6.45) is 2.43. The third-order valence-electron chi connectivity index (χ3n) is 4.92. The number of hydrogen-bond donors (Lipinski definition) is 0. The average molecular weight is 279 g/mol. The molecule has 3 rings (SSSR count). The van der Waals surface area contributed by atoms with Gasteiger partial charge in [0.15, 0.2) is 0 Å². The molecule has 2 atom stereocenters. The third kappa shape index (κ3) is 2.89. The molecule has 0 amide bonds. The van der Waals surface area contributed by atoms with Crippen molar-refractivity contribution >= 4 is 0 Å². The Kier molecular flexibility index (Phi) is 4.40. The zero-order chi connectivity index (χ0) is 14.7.